The van der Waals surface area contributed by atoms with E-state index in [2.05, 4.69) is 4.98 Å². The number of aryl methyl sites for hydroxylation is 2. The van der Waals surface area contributed by atoms with Crippen LogP contribution in [-0.2, 0) is 25.7 Å². The fourth-order valence-electron chi connectivity index (χ4n) is 2.28. The van der Waals surface area contributed by atoms with Crippen LogP contribution in [0.1, 0.15) is 54.1 Å². The summed E-state index contributed by atoms with van der Waals surface area (Å²) in [5.74, 6) is 0. The molecule has 24 heavy (non-hydrogen) atoms. The van der Waals surface area contributed by atoms with E-state index >= 15 is 0 Å². The molecule has 0 atom stereocenters. The first-order valence-electron chi connectivity index (χ1n) is 16.5. The Morgan fingerprint density at radius 2 is 2.29 bits per heavy atom. The van der Waals surface area contributed by atoms with Gasteiger partial charge in [-0.1, -0.05) is 17.6 Å². The van der Waals surface area contributed by atoms with Crippen LogP contribution in [0.15, 0.2) is 36.4 Å². The Kier molecular flexibility index (Phi) is 1.25. The summed E-state index contributed by atoms with van der Waals surface area (Å²) in [6, 6.07) is -4.95. The summed E-state index contributed by atoms with van der Waals surface area (Å²) in [6.07, 6.45) is -7.99. The molecule has 0 unspecified atom stereocenters. The van der Waals surface area contributed by atoms with E-state index in [9.17, 15) is 0 Å². The highest BCUT2D eigenvalue weighted by molar-refractivity contribution is 5.86. The molecule has 0 saturated heterocycles. The van der Waals surface area contributed by atoms with Gasteiger partial charge in [-0.3, -0.25) is 4.98 Å². The largest absolute Gasteiger partial charge is 0.344 e. The van der Waals surface area contributed by atoms with Gasteiger partial charge >= 0.3 is 0 Å². The van der Waals surface area contributed by atoms with Crippen LogP contribution >= 0.6 is 0 Å². The average molecular weight is 339 g/mol. The van der Waals surface area contributed by atoms with Crippen molar-refractivity contribution in [2.24, 2.45) is 0 Å². The molecule has 0 aliphatic carbocycles. The van der Waals surface area contributed by atoms with Crippen molar-refractivity contribution >= 4 is 10.9 Å². The lowest BCUT2D eigenvalue weighted by Crippen LogP contribution is -2.27. The monoisotopic (exact) mass is 338 g/mol. The Bertz CT molecular complexity index is 1680. The third kappa shape index (κ3) is 2.73. The minimum absolute atomic E-state index is 0.102. The van der Waals surface area contributed by atoms with Crippen molar-refractivity contribution in [3.63, 3.8) is 0 Å². The van der Waals surface area contributed by atoms with Crippen LogP contribution in [0.4, 0.5) is 0 Å². The van der Waals surface area contributed by atoms with Gasteiger partial charge in [-0.15, -0.1) is 0 Å². The molecule has 2 aromatic heterocycles. The Labute approximate surface area is 170 Å². The molecule has 0 spiro atoms. The summed E-state index contributed by atoms with van der Waals surface area (Å²) in [4.78, 5) is 4.01. The Morgan fingerprint density at radius 1 is 1.38 bits per heavy atom. The van der Waals surface area contributed by atoms with Gasteiger partial charge in [0.15, 0.2) is 0 Å². The van der Waals surface area contributed by atoms with E-state index in [0.29, 0.717) is 4.90 Å². The molecule has 4 rings (SSSR count). The SMILES string of the molecule is [2H]c1nc(C)c([2H])c([2H])c1C([2H])([2H])C([2H])([2H])n1c2c(c3c([2H])c(C([2H])([2H])[2H])c([2H])c([2H])c31)C([2H])([2H])N(C)C([2H])([2H])C2([2H])[2H]. The minimum Gasteiger partial charge on any atom is -0.344 e. The molecule has 1 aliphatic rings. The van der Waals surface area contributed by atoms with Crippen LogP contribution in [0.25, 0.3) is 10.9 Å². The van der Waals surface area contributed by atoms with Gasteiger partial charge in [0, 0.05) is 69.4 Å². The van der Waals surface area contributed by atoms with E-state index in [-0.39, 0.29) is 10.3 Å². The summed E-state index contributed by atoms with van der Waals surface area (Å²) in [7, 11) is 0.860. The van der Waals surface area contributed by atoms with Gasteiger partial charge in [-0.05, 0) is 56.5 Å². The predicted molar refractivity (Wildman–Crippen MR) is 99.4 cm³/mol. The van der Waals surface area contributed by atoms with Crippen molar-refractivity contribution in [2.75, 3.05) is 13.5 Å². The highest BCUT2D eigenvalue weighted by Crippen LogP contribution is 2.31. The van der Waals surface area contributed by atoms with Crippen LogP contribution in [-0.4, -0.2) is 28.0 Å². The van der Waals surface area contributed by atoms with Crippen LogP contribution in [0.2, 0.25) is 0 Å². The third-order valence-corrected chi connectivity index (χ3v) is 3.34. The van der Waals surface area contributed by atoms with Gasteiger partial charge in [0.25, 0.3) is 0 Å². The van der Waals surface area contributed by atoms with Crippen LogP contribution in [0.3, 0.4) is 0 Å². The zero-order chi connectivity index (χ0) is 33.4. The van der Waals surface area contributed by atoms with Crippen molar-refractivity contribution in [1.82, 2.24) is 14.5 Å². The van der Waals surface area contributed by atoms with Gasteiger partial charge in [-0.2, -0.15) is 0 Å². The molecule has 3 nitrogen and oxygen atoms in total. The number of hydrogen-bond acceptors (Lipinski definition) is 2. The van der Waals surface area contributed by atoms with Crippen LogP contribution in [0.5, 0.6) is 0 Å². The van der Waals surface area contributed by atoms with E-state index in [4.69, 9.17) is 26.0 Å². The van der Waals surface area contributed by atoms with Crippen molar-refractivity contribution in [3.8, 4) is 0 Å². The first-order chi connectivity index (χ1) is 19.1. The number of hydrogen-bond donors (Lipinski definition) is 0. The molecule has 3 heterocycles. The van der Waals surface area contributed by atoms with Crippen molar-refractivity contribution in [1.29, 1.82) is 0 Å². The van der Waals surface area contributed by atoms with Gasteiger partial charge in [0.05, 0.1) is 11.0 Å². The van der Waals surface area contributed by atoms with Gasteiger partial charge < -0.3 is 9.47 Å². The standard InChI is InChI=1S/C21H25N3/c1-15-4-7-20-18(12-15)19-14-23(3)10-9-21(19)24(20)11-8-17-6-5-16(2)22-13-17/h4-7,12-13H,8-11,14H2,1-3H3/i1D3,4D,5D,6D,7D,8D2,9D2,10D2,11D2,12D,13D,14D2. The second-order valence-electron chi connectivity index (χ2n) is 5.11. The molecule has 0 amide bonds. The topological polar surface area (TPSA) is 21.1 Å². The quantitative estimate of drug-likeness (QED) is 0.722. The lowest BCUT2D eigenvalue weighted by molar-refractivity contribution is 0.309. The van der Waals surface area contributed by atoms with Crippen molar-refractivity contribution in [2.45, 2.75) is 39.5 Å². The van der Waals surface area contributed by atoms with Gasteiger partial charge in [0.2, 0.25) is 0 Å². The predicted octanol–water partition coefficient (Wildman–Crippen LogP) is 3.88. The fourth-order valence-corrected chi connectivity index (χ4v) is 2.28. The van der Waals surface area contributed by atoms with Gasteiger partial charge in [-0.25, -0.2) is 0 Å². The van der Waals surface area contributed by atoms with Crippen LogP contribution < -0.4 is 0 Å². The van der Waals surface area contributed by atoms with Crippen molar-refractivity contribution < 1.29 is 26.0 Å². The molecule has 1 aromatic carbocycles. The molecule has 0 fully saturated rings. The second-order valence-corrected chi connectivity index (χ2v) is 5.11. The smallest absolute Gasteiger partial charge is 0.0843 e. The summed E-state index contributed by atoms with van der Waals surface area (Å²) < 4.78 is 162. The van der Waals surface area contributed by atoms with Crippen LogP contribution in [0, 0.1) is 13.8 Å². The number of nitrogens with zero attached hydrogens (tertiary/aromatic N) is 3. The molecule has 0 N–H and O–H groups in total. The zero-order valence-corrected chi connectivity index (χ0v) is 12.8. The second kappa shape index (κ2) is 6.06. The molecular weight excluding hydrogens is 294 g/mol. The normalized spacial score (nSPS) is 34.5. The van der Waals surface area contributed by atoms with E-state index < -0.39 is 109 Å². The maximum atomic E-state index is 9.02. The average Bonchev–Trinajstić information content (AvgIpc) is 3.23. The molecule has 0 saturated carbocycles. The minimum atomic E-state index is -3.76. The maximum Gasteiger partial charge on any atom is 0.0843 e. The molecule has 3 heteroatoms. The number of benzene rings is 1. The number of aromatic nitrogens is 2. The van der Waals surface area contributed by atoms with Crippen molar-refractivity contribution in [3.05, 3.63) is 64.5 Å². The number of fused-ring (bicyclic) bond motifs is 3. The van der Waals surface area contributed by atoms with E-state index in [1.54, 1.807) is 0 Å². The summed E-state index contributed by atoms with van der Waals surface area (Å²) in [6.45, 7) is -12.1. The molecule has 1 aliphatic heterocycles. The Hall–Kier alpha value is -2.13. The number of likely N-dealkylation sites (N-methyl/N-ethyl adjacent to an activating group) is 1. The maximum absolute atomic E-state index is 9.02. The Balaban J connectivity index is 2.37. The number of rotatable bonds is 3. The lowest BCUT2D eigenvalue weighted by atomic mass is 10.0. The molecule has 0 bridgehead atoms. The first-order valence-corrected chi connectivity index (χ1v) is 7.01. The molecular formula is C21H25N3. The highest BCUT2D eigenvalue weighted by Gasteiger charge is 2.22. The Morgan fingerprint density at radius 3 is 3.17 bits per heavy atom. The van der Waals surface area contributed by atoms with E-state index in [0.717, 1.165) is 7.05 Å². The summed E-state index contributed by atoms with van der Waals surface area (Å²) >= 11 is 0. The summed E-state index contributed by atoms with van der Waals surface area (Å²) in [5.41, 5.74) is -5.38. The molecule has 0 radical (unpaired) electrons. The first kappa shape index (κ1) is 4.95. The van der Waals surface area contributed by atoms with E-state index in [1.165, 1.54) is 6.92 Å². The highest BCUT2D eigenvalue weighted by atomic mass is 15.1. The third-order valence-electron chi connectivity index (χ3n) is 3.34. The lowest BCUT2D eigenvalue weighted by Gasteiger charge is -2.24. The molecule has 3 aromatic rings. The molecule has 124 valence electrons. The van der Waals surface area contributed by atoms with Gasteiger partial charge in [0.1, 0.15) is 0 Å². The number of pyridine rings is 1. The fraction of sp³-hybridized carbons (Fsp3) is 0.381. The zero-order valence-electron chi connectivity index (χ0n) is 31.8. The van der Waals surface area contributed by atoms with E-state index in [1.807, 2.05) is 0 Å². The summed E-state index contributed by atoms with van der Waals surface area (Å²) in [5, 5.41) is -0.849.